The highest BCUT2D eigenvalue weighted by molar-refractivity contribution is 6.21. The Morgan fingerprint density at radius 1 is 0.929 bits per heavy atom. The molecule has 0 heterocycles. The number of rotatable bonds is 11. The molecule has 0 aliphatic heterocycles. The first-order valence-corrected chi connectivity index (χ1v) is 9.52. The summed E-state index contributed by atoms with van der Waals surface area (Å²) in [6.45, 7) is 6.21. The number of amides is 2. The molecule has 0 fully saturated rings. The van der Waals surface area contributed by atoms with E-state index in [0.29, 0.717) is 30.5 Å². The van der Waals surface area contributed by atoms with Crippen molar-refractivity contribution in [3.63, 3.8) is 0 Å². The number of halogens is 2. The van der Waals surface area contributed by atoms with Gasteiger partial charge in [-0.1, -0.05) is 39.8 Å². The number of alkyl halides is 2. The quantitative estimate of drug-likeness (QED) is 0.338. The molecule has 0 spiro atoms. The highest BCUT2D eigenvalue weighted by Gasteiger charge is 2.18. The van der Waals surface area contributed by atoms with E-state index in [1.807, 2.05) is 27.7 Å². The molecule has 0 aromatic heterocycles. The third-order valence-electron chi connectivity index (χ3n) is 3.92. The number of ether oxygens (including phenoxy) is 1. The van der Waals surface area contributed by atoms with Crippen molar-refractivity contribution in [1.29, 1.82) is 0 Å². The van der Waals surface area contributed by atoms with Crippen LogP contribution in [-0.2, 0) is 9.59 Å². The SMILES string of the molecule is CC(C)CCNC(=O)C(=Cc1ccc(OC(F)F)cc1)C(=O)NCCC(C)C. The first-order valence-electron chi connectivity index (χ1n) is 9.52. The predicted molar refractivity (Wildman–Crippen MR) is 106 cm³/mol. The summed E-state index contributed by atoms with van der Waals surface area (Å²) in [7, 11) is 0. The summed E-state index contributed by atoms with van der Waals surface area (Å²) in [5.74, 6) is -0.0624. The summed E-state index contributed by atoms with van der Waals surface area (Å²) in [5, 5.41) is 5.52. The van der Waals surface area contributed by atoms with E-state index in [4.69, 9.17) is 0 Å². The second-order valence-electron chi connectivity index (χ2n) is 7.38. The Balaban J connectivity index is 2.92. The summed E-state index contributed by atoms with van der Waals surface area (Å²) in [5.41, 5.74) is 0.518. The fraction of sp³-hybridized carbons (Fsp3) is 0.524. The molecule has 1 aromatic carbocycles. The van der Waals surface area contributed by atoms with Crippen LogP contribution in [0.25, 0.3) is 6.08 Å². The topological polar surface area (TPSA) is 67.4 Å². The third kappa shape index (κ3) is 9.48. The molecular formula is C21H30F2N2O3. The van der Waals surface area contributed by atoms with Crippen LogP contribution in [0.15, 0.2) is 29.8 Å². The predicted octanol–water partition coefficient (Wildman–Crippen LogP) is 4.00. The normalized spacial score (nSPS) is 10.9. The van der Waals surface area contributed by atoms with Gasteiger partial charge in [-0.15, -0.1) is 0 Å². The lowest BCUT2D eigenvalue weighted by Gasteiger charge is -2.12. The maximum Gasteiger partial charge on any atom is 0.387 e. The molecule has 2 N–H and O–H groups in total. The Morgan fingerprint density at radius 2 is 1.39 bits per heavy atom. The molecule has 0 unspecified atom stereocenters. The number of benzene rings is 1. The first kappa shape index (κ1) is 23.6. The van der Waals surface area contributed by atoms with E-state index < -0.39 is 18.4 Å². The van der Waals surface area contributed by atoms with Crippen molar-refractivity contribution >= 4 is 17.9 Å². The average molecular weight is 396 g/mol. The lowest BCUT2D eigenvalue weighted by atomic mass is 10.1. The summed E-state index contributed by atoms with van der Waals surface area (Å²) in [4.78, 5) is 25.0. The van der Waals surface area contributed by atoms with Gasteiger partial charge >= 0.3 is 6.61 Å². The van der Waals surface area contributed by atoms with E-state index >= 15 is 0 Å². The standard InChI is InChI=1S/C21H30F2N2O3/c1-14(2)9-11-24-19(26)18(20(27)25-12-10-15(3)4)13-16-5-7-17(8-6-16)28-21(22)23/h5-8,13-15,21H,9-12H2,1-4H3,(H,24,26)(H,25,27). The van der Waals surface area contributed by atoms with Gasteiger partial charge in [-0.3, -0.25) is 9.59 Å². The van der Waals surface area contributed by atoms with Crippen LogP contribution in [0.4, 0.5) is 8.78 Å². The van der Waals surface area contributed by atoms with Crippen molar-refractivity contribution in [3.05, 3.63) is 35.4 Å². The van der Waals surface area contributed by atoms with E-state index in [-0.39, 0.29) is 11.3 Å². The molecule has 0 saturated heterocycles. The highest BCUT2D eigenvalue weighted by atomic mass is 19.3. The molecule has 0 aliphatic carbocycles. The van der Waals surface area contributed by atoms with Crippen molar-refractivity contribution in [3.8, 4) is 5.75 Å². The number of carbonyl (C=O) groups is 2. The second kappa shape index (κ2) is 12.1. The highest BCUT2D eigenvalue weighted by Crippen LogP contribution is 2.17. The molecule has 0 saturated carbocycles. The minimum absolute atomic E-state index is 0.0106. The molecule has 0 aliphatic rings. The lowest BCUT2D eigenvalue weighted by Crippen LogP contribution is -2.36. The van der Waals surface area contributed by atoms with E-state index in [9.17, 15) is 18.4 Å². The summed E-state index contributed by atoms with van der Waals surface area (Å²) >= 11 is 0. The Hall–Kier alpha value is -2.44. The van der Waals surface area contributed by atoms with Gasteiger partial charge in [0.05, 0.1) is 0 Å². The Morgan fingerprint density at radius 3 is 1.79 bits per heavy atom. The maximum absolute atomic E-state index is 12.5. The van der Waals surface area contributed by atoms with Crippen LogP contribution < -0.4 is 15.4 Å². The minimum Gasteiger partial charge on any atom is -0.435 e. The molecular weight excluding hydrogens is 366 g/mol. The number of hydrogen-bond donors (Lipinski definition) is 2. The Kier molecular flexibility index (Phi) is 10.2. The molecule has 28 heavy (non-hydrogen) atoms. The van der Waals surface area contributed by atoms with E-state index in [2.05, 4.69) is 15.4 Å². The van der Waals surface area contributed by atoms with Crippen LogP contribution in [0.2, 0.25) is 0 Å². The number of carbonyl (C=O) groups excluding carboxylic acids is 2. The van der Waals surface area contributed by atoms with E-state index in [0.717, 1.165) is 12.8 Å². The monoisotopic (exact) mass is 396 g/mol. The minimum atomic E-state index is -2.91. The van der Waals surface area contributed by atoms with Gasteiger partial charge in [-0.2, -0.15) is 8.78 Å². The van der Waals surface area contributed by atoms with Gasteiger partial charge in [0.15, 0.2) is 0 Å². The van der Waals surface area contributed by atoms with Crippen molar-refractivity contribution in [2.45, 2.75) is 47.1 Å². The smallest absolute Gasteiger partial charge is 0.387 e. The molecule has 5 nitrogen and oxygen atoms in total. The lowest BCUT2D eigenvalue weighted by molar-refractivity contribution is -0.123. The number of nitrogens with one attached hydrogen (secondary N) is 2. The van der Waals surface area contributed by atoms with Crippen LogP contribution in [0.5, 0.6) is 5.75 Å². The van der Waals surface area contributed by atoms with Gasteiger partial charge < -0.3 is 15.4 Å². The van der Waals surface area contributed by atoms with Crippen molar-refractivity contribution in [1.82, 2.24) is 10.6 Å². The van der Waals surface area contributed by atoms with Gasteiger partial charge in [-0.05, 0) is 48.4 Å². The van der Waals surface area contributed by atoms with E-state index in [1.165, 1.54) is 30.3 Å². The molecule has 1 rings (SSSR count). The van der Waals surface area contributed by atoms with Crippen LogP contribution in [0, 0.1) is 11.8 Å². The number of hydrogen-bond acceptors (Lipinski definition) is 3. The second-order valence-corrected chi connectivity index (χ2v) is 7.38. The summed E-state index contributed by atoms with van der Waals surface area (Å²) in [6.07, 6.45) is 3.04. The van der Waals surface area contributed by atoms with Crippen molar-refractivity contribution in [2.75, 3.05) is 13.1 Å². The molecule has 7 heteroatoms. The molecule has 0 radical (unpaired) electrons. The van der Waals surface area contributed by atoms with Crippen LogP contribution in [0.3, 0.4) is 0 Å². The van der Waals surface area contributed by atoms with Crippen LogP contribution in [-0.4, -0.2) is 31.5 Å². The van der Waals surface area contributed by atoms with Crippen molar-refractivity contribution < 1.29 is 23.1 Å². The van der Waals surface area contributed by atoms with Crippen LogP contribution in [0.1, 0.15) is 46.1 Å². The average Bonchev–Trinajstić information content (AvgIpc) is 2.59. The maximum atomic E-state index is 12.5. The molecule has 2 amide bonds. The van der Waals surface area contributed by atoms with Gasteiger partial charge in [0.1, 0.15) is 11.3 Å². The zero-order chi connectivity index (χ0) is 21.1. The first-order chi connectivity index (χ1) is 13.2. The summed E-state index contributed by atoms with van der Waals surface area (Å²) < 4.78 is 28.8. The fourth-order valence-electron chi connectivity index (χ4n) is 2.29. The van der Waals surface area contributed by atoms with Crippen LogP contribution >= 0.6 is 0 Å². The third-order valence-corrected chi connectivity index (χ3v) is 3.92. The zero-order valence-corrected chi connectivity index (χ0v) is 16.9. The summed E-state index contributed by atoms with van der Waals surface area (Å²) in [6, 6.07) is 5.76. The Labute approximate surface area is 165 Å². The largest absolute Gasteiger partial charge is 0.435 e. The zero-order valence-electron chi connectivity index (χ0n) is 16.9. The molecule has 0 atom stereocenters. The fourth-order valence-corrected chi connectivity index (χ4v) is 2.29. The van der Waals surface area contributed by atoms with Gasteiger partial charge in [0.2, 0.25) is 0 Å². The van der Waals surface area contributed by atoms with Crippen molar-refractivity contribution in [2.24, 2.45) is 11.8 Å². The molecule has 1 aromatic rings. The van der Waals surface area contributed by atoms with Gasteiger partial charge in [0, 0.05) is 13.1 Å². The Bertz CT molecular complexity index is 628. The van der Waals surface area contributed by atoms with Gasteiger partial charge in [-0.25, -0.2) is 0 Å². The molecule has 0 bridgehead atoms. The molecule has 156 valence electrons. The van der Waals surface area contributed by atoms with Gasteiger partial charge in [0.25, 0.3) is 11.8 Å². The van der Waals surface area contributed by atoms with E-state index in [1.54, 1.807) is 0 Å².